The fourth-order valence-corrected chi connectivity index (χ4v) is 3.27. The molecular weight excluding hydrogens is 496 g/mol. The van der Waals surface area contributed by atoms with E-state index in [2.05, 4.69) is 36.6 Å². The van der Waals surface area contributed by atoms with Crippen molar-refractivity contribution in [3.63, 3.8) is 0 Å². The molecule has 0 saturated heterocycles. The molecule has 2 rings (SSSR count). The van der Waals surface area contributed by atoms with Crippen molar-refractivity contribution < 1.29 is 28.2 Å². The molecule has 0 aromatic heterocycles. The number of sulfonamides is 1. The van der Waals surface area contributed by atoms with Gasteiger partial charge in [0.15, 0.2) is 0 Å². The number of aromatic carboxylic acids is 2. The van der Waals surface area contributed by atoms with Gasteiger partial charge in [0.25, 0.3) is 0 Å². The van der Waals surface area contributed by atoms with Gasteiger partial charge in [0.1, 0.15) is 0 Å². The Hall–Kier alpha value is -2.11. The van der Waals surface area contributed by atoms with Crippen molar-refractivity contribution in [3.8, 4) is 0 Å². The molecule has 0 aliphatic rings. The van der Waals surface area contributed by atoms with Crippen LogP contribution in [0.25, 0.3) is 0 Å². The van der Waals surface area contributed by atoms with Crippen LogP contribution in [0.2, 0.25) is 0 Å². The van der Waals surface area contributed by atoms with Crippen molar-refractivity contribution in [2.75, 3.05) is 16.7 Å². The lowest BCUT2D eigenvalue weighted by atomic mass is 10.2. The Kier molecular flexibility index (Phi) is 7.60. The predicted molar refractivity (Wildman–Crippen MR) is 105 cm³/mol. The number of nitrogens with two attached hydrogens (primary N) is 1. The lowest BCUT2D eigenvalue weighted by Crippen LogP contribution is -2.10. The number of hydrogen-bond donors (Lipinski definition) is 4. The molecule has 8 nitrogen and oxygen atoms in total. The summed E-state index contributed by atoms with van der Waals surface area (Å²) in [6.45, 7) is 0. The van der Waals surface area contributed by atoms with Gasteiger partial charge in [-0.05, 0) is 36.4 Å². The minimum absolute atomic E-state index is 0.00975. The molecule has 2 aromatic rings. The molecule has 140 valence electrons. The standard InChI is InChI=1S/C8H8BrNO4S.C7H6BrNO2/c1-15(13,14)10-7-3-5(8(11)12)2-6(9)4-7;8-5-1-4(7(10)11)2-6(9)3-5/h2-4,10H,1H3,(H,11,12);1-3H,9H2,(H,10,11). The molecule has 0 fully saturated rings. The molecule has 0 atom stereocenters. The fourth-order valence-electron chi connectivity index (χ4n) is 1.72. The number of halogens is 2. The predicted octanol–water partition coefficient (Wildman–Crippen LogP) is 3.25. The first-order chi connectivity index (χ1) is 11.9. The number of benzene rings is 2. The molecule has 26 heavy (non-hydrogen) atoms. The average molecular weight is 510 g/mol. The van der Waals surface area contributed by atoms with Crippen molar-refractivity contribution in [2.24, 2.45) is 0 Å². The first-order valence-corrected chi connectivity index (χ1v) is 10.2. The summed E-state index contributed by atoms with van der Waals surface area (Å²) in [6.07, 6.45) is 0.994. The van der Waals surface area contributed by atoms with Crippen LogP contribution in [0, 0.1) is 0 Å². The third kappa shape index (κ3) is 7.85. The van der Waals surface area contributed by atoms with Gasteiger partial charge in [-0.1, -0.05) is 31.9 Å². The number of carbonyl (C=O) groups is 2. The highest BCUT2D eigenvalue weighted by Crippen LogP contribution is 2.20. The molecule has 0 aliphatic heterocycles. The number of nitrogens with one attached hydrogen (secondary N) is 1. The molecule has 0 bridgehead atoms. The summed E-state index contributed by atoms with van der Waals surface area (Å²) in [6, 6.07) is 8.66. The zero-order valence-corrected chi connectivity index (χ0v) is 17.2. The molecule has 0 unspecified atom stereocenters. The Morgan fingerprint density at radius 1 is 0.923 bits per heavy atom. The van der Waals surface area contributed by atoms with E-state index in [1.807, 2.05) is 0 Å². The van der Waals surface area contributed by atoms with Gasteiger partial charge in [-0.15, -0.1) is 0 Å². The highest BCUT2D eigenvalue weighted by molar-refractivity contribution is 9.10. The number of anilines is 2. The maximum Gasteiger partial charge on any atom is 0.335 e. The number of nitrogen functional groups attached to an aromatic ring is 1. The molecule has 5 N–H and O–H groups in total. The van der Waals surface area contributed by atoms with Crippen molar-refractivity contribution in [3.05, 3.63) is 56.5 Å². The Balaban J connectivity index is 0.000000273. The second-order valence-electron chi connectivity index (χ2n) is 4.99. The van der Waals surface area contributed by atoms with E-state index in [0.717, 1.165) is 6.26 Å². The van der Waals surface area contributed by atoms with Crippen LogP contribution in [0.15, 0.2) is 45.3 Å². The molecule has 0 spiro atoms. The number of carboxylic acids is 2. The van der Waals surface area contributed by atoms with Crippen LogP contribution in [0.1, 0.15) is 20.7 Å². The Bertz CT molecular complexity index is 927. The van der Waals surface area contributed by atoms with Crippen LogP contribution in [0.5, 0.6) is 0 Å². The van der Waals surface area contributed by atoms with Gasteiger partial charge >= 0.3 is 11.9 Å². The third-order valence-corrected chi connectivity index (χ3v) is 4.14. The van der Waals surface area contributed by atoms with Crippen LogP contribution in [-0.4, -0.2) is 36.8 Å². The molecule has 0 amide bonds. The molecule has 0 heterocycles. The van der Waals surface area contributed by atoms with E-state index in [1.54, 1.807) is 6.07 Å². The molecule has 0 radical (unpaired) electrons. The summed E-state index contributed by atoms with van der Waals surface area (Å²) in [5.41, 5.74) is 6.26. The van der Waals surface area contributed by atoms with E-state index in [0.29, 0.717) is 14.6 Å². The monoisotopic (exact) mass is 508 g/mol. The third-order valence-electron chi connectivity index (χ3n) is 2.62. The van der Waals surface area contributed by atoms with E-state index >= 15 is 0 Å². The van der Waals surface area contributed by atoms with E-state index in [1.165, 1.54) is 30.3 Å². The maximum absolute atomic E-state index is 10.9. The summed E-state index contributed by atoms with van der Waals surface area (Å²) in [7, 11) is -3.40. The van der Waals surface area contributed by atoms with Gasteiger partial charge in [0.05, 0.1) is 23.1 Å². The highest BCUT2D eigenvalue weighted by atomic mass is 79.9. The summed E-state index contributed by atoms with van der Waals surface area (Å²) < 4.78 is 25.2. The number of hydrogen-bond acceptors (Lipinski definition) is 5. The van der Waals surface area contributed by atoms with Crippen LogP contribution in [0.4, 0.5) is 11.4 Å². The quantitative estimate of drug-likeness (QED) is 0.462. The molecule has 2 aromatic carbocycles. The zero-order valence-electron chi connectivity index (χ0n) is 13.2. The van der Waals surface area contributed by atoms with Gasteiger partial charge in [0.2, 0.25) is 10.0 Å². The van der Waals surface area contributed by atoms with Crippen molar-refractivity contribution in [2.45, 2.75) is 0 Å². The zero-order chi connectivity index (χ0) is 20.1. The van der Waals surface area contributed by atoms with E-state index in [4.69, 9.17) is 15.9 Å². The van der Waals surface area contributed by atoms with Gasteiger partial charge in [-0.25, -0.2) is 18.0 Å². The van der Waals surface area contributed by atoms with Crippen molar-refractivity contribution in [1.29, 1.82) is 0 Å². The van der Waals surface area contributed by atoms with E-state index in [-0.39, 0.29) is 16.8 Å². The number of rotatable bonds is 4. The lowest BCUT2D eigenvalue weighted by Gasteiger charge is -2.05. The van der Waals surface area contributed by atoms with Crippen molar-refractivity contribution in [1.82, 2.24) is 0 Å². The largest absolute Gasteiger partial charge is 0.478 e. The van der Waals surface area contributed by atoms with Gasteiger partial charge < -0.3 is 15.9 Å². The van der Waals surface area contributed by atoms with E-state index < -0.39 is 22.0 Å². The summed E-state index contributed by atoms with van der Waals surface area (Å²) in [4.78, 5) is 21.1. The minimum Gasteiger partial charge on any atom is -0.478 e. The first kappa shape index (κ1) is 21.9. The van der Waals surface area contributed by atoms with Crippen LogP contribution in [-0.2, 0) is 10.0 Å². The van der Waals surface area contributed by atoms with Gasteiger partial charge in [0, 0.05) is 14.6 Å². The second kappa shape index (κ2) is 9.01. The van der Waals surface area contributed by atoms with Gasteiger partial charge in [-0.3, -0.25) is 4.72 Å². The summed E-state index contributed by atoms with van der Waals surface area (Å²) in [5.74, 6) is -2.09. The minimum atomic E-state index is -3.40. The summed E-state index contributed by atoms with van der Waals surface area (Å²) in [5, 5.41) is 17.3. The SMILES string of the molecule is CS(=O)(=O)Nc1cc(Br)cc(C(=O)O)c1.Nc1cc(Br)cc(C(=O)O)c1. The number of carboxylic acid groups (broad SMARTS) is 2. The smallest absolute Gasteiger partial charge is 0.335 e. The maximum atomic E-state index is 10.9. The van der Waals surface area contributed by atoms with E-state index in [9.17, 15) is 18.0 Å². The van der Waals surface area contributed by atoms with Crippen LogP contribution < -0.4 is 10.5 Å². The molecule has 11 heteroatoms. The Labute approximate surface area is 166 Å². The molecule has 0 saturated carbocycles. The topological polar surface area (TPSA) is 147 Å². The summed E-state index contributed by atoms with van der Waals surface area (Å²) >= 11 is 6.23. The lowest BCUT2D eigenvalue weighted by molar-refractivity contribution is 0.0686. The Morgan fingerprint density at radius 2 is 1.38 bits per heavy atom. The fraction of sp³-hybridized carbons (Fsp3) is 0.0667. The Morgan fingerprint density at radius 3 is 1.81 bits per heavy atom. The molecular formula is C15H14Br2N2O6S. The average Bonchev–Trinajstić information content (AvgIpc) is 2.44. The van der Waals surface area contributed by atoms with Crippen LogP contribution in [0.3, 0.4) is 0 Å². The van der Waals surface area contributed by atoms with Crippen LogP contribution >= 0.6 is 31.9 Å². The van der Waals surface area contributed by atoms with Crippen molar-refractivity contribution >= 4 is 65.2 Å². The normalized spacial score (nSPS) is 10.4. The van der Waals surface area contributed by atoms with Gasteiger partial charge in [-0.2, -0.15) is 0 Å². The highest BCUT2D eigenvalue weighted by Gasteiger charge is 2.08. The second-order valence-corrected chi connectivity index (χ2v) is 8.57. The molecule has 0 aliphatic carbocycles. The first-order valence-electron chi connectivity index (χ1n) is 6.68.